The Hall–Kier alpha value is -2.39. The molecule has 0 radical (unpaired) electrons. The van der Waals surface area contributed by atoms with E-state index in [1.807, 2.05) is 36.8 Å². The molecule has 0 aliphatic heterocycles. The highest BCUT2D eigenvalue weighted by molar-refractivity contribution is 8.01. The van der Waals surface area contributed by atoms with Gasteiger partial charge in [0.2, 0.25) is 0 Å². The molecule has 0 unspecified atom stereocenters. The van der Waals surface area contributed by atoms with Crippen LogP contribution in [0, 0.1) is 0 Å². The molecule has 2 nitrogen and oxygen atoms in total. The van der Waals surface area contributed by atoms with Gasteiger partial charge in [-0.1, -0.05) is 43.5 Å². The minimum Gasteiger partial charge on any atom is -0.244 e. The van der Waals surface area contributed by atoms with Crippen molar-refractivity contribution in [3.8, 4) is 11.3 Å². The van der Waals surface area contributed by atoms with E-state index in [0.717, 1.165) is 39.5 Å². The highest BCUT2D eigenvalue weighted by Gasteiger charge is 2.28. The van der Waals surface area contributed by atoms with Crippen LogP contribution in [0.2, 0.25) is 0 Å². The predicted octanol–water partition coefficient (Wildman–Crippen LogP) is 5.53. The second kappa shape index (κ2) is 6.39. The summed E-state index contributed by atoms with van der Waals surface area (Å²) in [5.74, 6) is 0. The standard InChI is InChI=1S/C20H18N2S/c1-5-13-9-8-10-15-18(13)14(6-2)19-20(15)21-16(7-3)17(22-19)11-12-23-4/h5-12H,1,3H2,2,4H3/b12-11-,14-6+. The Bertz CT molecular complexity index is 860. The van der Waals surface area contributed by atoms with E-state index >= 15 is 0 Å². The van der Waals surface area contributed by atoms with Crippen LogP contribution in [-0.4, -0.2) is 16.2 Å². The number of thioether (sulfide) groups is 1. The molecule has 1 aromatic heterocycles. The molecule has 0 saturated carbocycles. The topological polar surface area (TPSA) is 25.8 Å². The smallest absolute Gasteiger partial charge is 0.0979 e. The average Bonchev–Trinajstić information content (AvgIpc) is 2.91. The molecule has 1 aliphatic carbocycles. The summed E-state index contributed by atoms with van der Waals surface area (Å²) >= 11 is 1.64. The minimum atomic E-state index is 0.807. The van der Waals surface area contributed by atoms with Crippen molar-refractivity contribution in [3.05, 3.63) is 71.0 Å². The summed E-state index contributed by atoms with van der Waals surface area (Å²) in [5.41, 5.74) is 8.02. The van der Waals surface area contributed by atoms with E-state index in [1.165, 1.54) is 5.56 Å². The zero-order valence-corrected chi connectivity index (χ0v) is 14.2. The third-order valence-corrected chi connectivity index (χ3v) is 4.30. The summed E-state index contributed by atoms with van der Waals surface area (Å²) in [6, 6.07) is 6.20. The lowest BCUT2D eigenvalue weighted by molar-refractivity contribution is 1.15. The van der Waals surface area contributed by atoms with Gasteiger partial charge < -0.3 is 0 Å². The molecule has 1 aromatic carbocycles. The van der Waals surface area contributed by atoms with E-state index in [1.54, 1.807) is 17.8 Å². The SMILES string of the molecule is C=Cc1cccc2c1/C(=C\C)c1nc(/C=C\SC)c(C=C)nc1-2. The van der Waals surface area contributed by atoms with Gasteiger partial charge in [-0.15, -0.1) is 11.8 Å². The van der Waals surface area contributed by atoms with Gasteiger partial charge in [0.15, 0.2) is 0 Å². The number of hydrogen-bond acceptors (Lipinski definition) is 3. The minimum absolute atomic E-state index is 0.807. The van der Waals surface area contributed by atoms with Gasteiger partial charge in [-0.25, -0.2) is 9.97 Å². The first kappa shape index (κ1) is 15.5. The first-order valence-electron chi connectivity index (χ1n) is 7.41. The Kier molecular flexibility index (Phi) is 4.30. The van der Waals surface area contributed by atoms with Crippen molar-refractivity contribution in [1.82, 2.24) is 9.97 Å². The van der Waals surface area contributed by atoms with Crippen molar-refractivity contribution in [3.63, 3.8) is 0 Å². The van der Waals surface area contributed by atoms with E-state index in [0.29, 0.717) is 0 Å². The molecule has 1 aliphatic rings. The van der Waals surface area contributed by atoms with Crippen molar-refractivity contribution in [1.29, 1.82) is 0 Å². The number of rotatable bonds is 4. The van der Waals surface area contributed by atoms with E-state index in [9.17, 15) is 0 Å². The Labute approximate surface area is 141 Å². The van der Waals surface area contributed by atoms with Crippen LogP contribution in [0.15, 0.2) is 42.8 Å². The molecule has 23 heavy (non-hydrogen) atoms. The summed E-state index contributed by atoms with van der Waals surface area (Å²) in [5, 5.41) is 2.01. The lowest BCUT2D eigenvalue weighted by Crippen LogP contribution is -1.97. The monoisotopic (exact) mass is 318 g/mol. The van der Waals surface area contributed by atoms with Gasteiger partial charge in [-0.2, -0.15) is 0 Å². The molecular weight excluding hydrogens is 300 g/mol. The molecule has 0 fully saturated rings. The van der Waals surface area contributed by atoms with Gasteiger partial charge in [0.05, 0.1) is 22.8 Å². The summed E-state index contributed by atoms with van der Waals surface area (Å²) in [6.45, 7) is 9.85. The highest BCUT2D eigenvalue weighted by atomic mass is 32.2. The summed E-state index contributed by atoms with van der Waals surface area (Å²) < 4.78 is 0. The second-order valence-electron chi connectivity index (χ2n) is 5.11. The van der Waals surface area contributed by atoms with Crippen LogP contribution in [0.1, 0.15) is 35.1 Å². The molecule has 3 rings (SSSR count). The number of benzene rings is 1. The van der Waals surface area contributed by atoms with Gasteiger partial charge >= 0.3 is 0 Å². The summed E-state index contributed by atoms with van der Waals surface area (Å²) in [4.78, 5) is 9.69. The van der Waals surface area contributed by atoms with E-state index in [-0.39, 0.29) is 0 Å². The zero-order chi connectivity index (χ0) is 16.4. The maximum Gasteiger partial charge on any atom is 0.0979 e. The first-order chi connectivity index (χ1) is 11.2. The number of fused-ring (bicyclic) bond motifs is 3. The Morgan fingerprint density at radius 2 is 1.83 bits per heavy atom. The van der Waals surface area contributed by atoms with E-state index in [4.69, 9.17) is 9.97 Å². The molecule has 1 heterocycles. The van der Waals surface area contributed by atoms with Crippen molar-refractivity contribution >= 4 is 35.6 Å². The number of hydrogen-bond donors (Lipinski definition) is 0. The van der Waals surface area contributed by atoms with Crippen molar-refractivity contribution in [2.45, 2.75) is 6.92 Å². The van der Waals surface area contributed by atoms with Crippen LogP contribution < -0.4 is 0 Å². The summed E-state index contributed by atoms with van der Waals surface area (Å²) in [7, 11) is 0. The molecule has 0 bridgehead atoms. The summed E-state index contributed by atoms with van der Waals surface area (Å²) in [6.07, 6.45) is 9.76. The van der Waals surface area contributed by atoms with Gasteiger partial charge in [-0.05, 0) is 36.3 Å². The molecular formula is C20H18N2S. The van der Waals surface area contributed by atoms with Crippen molar-refractivity contribution in [2.24, 2.45) is 0 Å². The van der Waals surface area contributed by atoms with E-state index in [2.05, 4.69) is 31.4 Å². The molecule has 0 N–H and O–H groups in total. The maximum atomic E-state index is 4.87. The quantitative estimate of drug-likeness (QED) is 0.632. The molecule has 0 spiro atoms. The first-order valence-corrected chi connectivity index (χ1v) is 8.70. The van der Waals surface area contributed by atoms with Crippen LogP contribution in [-0.2, 0) is 0 Å². The Balaban J connectivity index is 2.32. The van der Waals surface area contributed by atoms with Crippen molar-refractivity contribution in [2.75, 3.05) is 6.26 Å². The average molecular weight is 318 g/mol. The van der Waals surface area contributed by atoms with Crippen LogP contribution >= 0.6 is 11.8 Å². The molecule has 3 heteroatoms. The Morgan fingerprint density at radius 1 is 1.04 bits per heavy atom. The van der Waals surface area contributed by atoms with Gasteiger partial charge in [0.25, 0.3) is 0 Å². The third kappa shape index (κ3) is 2.47. The highest BCUT2D eigenvalue weighted by Crippen LogP contribution is 2.44. The van der Waals surface area contributed by atoms with Gasteiger partial charge in [0, 0.05) is 16.7 Å². The lowest BCUT2D eigenvalue weighted by Gasteiger charge is -2.05. The molecule has 0 amide bonds. The fourth-order valence-electron chi connectivity index (χ4n) is 2.88. The molecule has 114 valence electrons. The van der Waals surface area contributed by atoms with Crippen molar-refractivity contribution < 1.29 is 0 Å². The predicted molar refractivity (Wildman–Crippen MR) is 103 cm³/mol. The fourth-order valence-corrected chi connectivity index (χ4v) is 3.14. The third-order valence-electron chi connectivity index (χ3n) is 3.89. The normalized spacial score (nSPS) is 14.1. The maximum absolute atomic E-state index is 4.87. The molecule has 0 saturated heterocycles. The fraction of sp³-hybridized carbons (Fsp3) is 0.100. The van der Waals surface area contributed by atoms with Crippen LogP contribution in [0.25, 0.3) is 35.1 Å². The number of nitrogens with zero attached hydrogens (tertiary/aromatic N) is 2. The molecule has 0 atom stereocenters. The second-order valence-corrected chi connectivity index (χ2v) is 5.85. The van der Waals surface area contributed by atoms with Crippen LogP contribution in [0.5, 0.6) is 0 Å². The largest absolute Gasteiger partial charge is 0.244 e. The van der Waals surface area contributed by atoms with Gasteiger partial charge in [0.1, 0.15) is 0 Å². The van der Waals surface area contributed by atoms with Gasteiger partial charge in [-0.3, -0.25) is 0 Å². The lowest BCUT2D eigenvalue weighted by atomic mass is 9.99. The number of aromatic nitrogens is 2. The zero-order valence-electron chi connectivity index (χ0n) is 13.3. The van der Waals surface area contributed by atoms with Crippen LogP contribution in [0.4, 0.5) is 0 Å². The van der Waals surface area contributed by atoms with Crippen LogP contribution in [0.3, 0.4) is 0 Å². The number of allylic oxidation sites excluding steroid dienone is 1. The van der Waals surface area contributed by atoms with E-state index < -0.39 is 0 Å². The Morgan fingerprint density at radius 3 is 2.48 bits per heavy atom. The molecule has 2 aromatic rings.